The molecule has 0 fully saturated rings. The van der Waals surface area contributed by atoms with Gasteiger partial charge in [-0.1, -0.05) is 35.9 Å². The normalized spacial score (nSPS) is 15.1. The first kappa shape index (κ1) is 25.4. The highest BCUT2D eigenvalue weighted by Gasteiger charge is 2.34. The van der Waals surface area contributed by atoms with Crippen LogP contribution >= 0.6 is 22.9 Å². The molecule has 184 valence electrons. The Balaban J connectivity index is 1.54. The van der Waals surface area contributed by atoms with Crippen LogP contribution in [0.25, 0.3) is 0 Å². The molecule has 0 spiro atoms. The fourth-order valence-electron chi connectivity index (χ4n) is 4.42. The molecule has 2 heterocycles. The fraction of sp³-hybridized carbons (Fsp3) is 0.333. The molecule has 2 aromatic carbocycles. The van der Waals surface area contributed by atoms with Crippen molar-refractivity contribution in [2.45, 2.75) is 25.3 Å². The van der Waals surface area contributed by atoms with Crippen molar-refractivity contribution < 1.29 is 18.7 Å². The lowest BCUT2D eigenvalue weighted by Gasteiger charge is -2.37. The smallest absolute Gasteiger partial charge is 0.242 e. The molecular weight excluding hydrogens is 487 g/mol. The number of thiophene rings is 1. The monoisotopic (exact) mass is 514 g/mol. The van der Waals surface area contributed by atoms with Crippen molar-refractivity contribution in [3.05, 3.63) is 92.4 Å². The molecule has 0 aliphatic carbocycles. The van der Waals surface area contributed by atoms with Gasteiger partial charge in [0, 0.05) is 36.7 Å². The molecule has 0 N–H and O–H groups in total. The second-order valence-corrected chi connectivity index (χ2v) is 9.99. The van der Waals surface area contributed by atoms with Crippen LogP contribution in [0.3, 0.4) is 0 Å². The Bertz CT molecular complexity index is 1150. The maximum atomic E-state index is 13.7. The molecule has 0 radical (unpaired) electrons. The number of amides is 2. The van der Waals surface area contributed by atoms with E-state index in [1.807, 2.05) is 29.2 Å². The Morgan fingerprint density at radius 1 is 1.14 bits per heavy atom. The summed E-state index contributed by atoms with van der Waals surface area (Å²) in [5.41, 5.74) is 2.83. The van der Waals surface area contributed by atoms with E-state index in [1.165, 1.54) is 17.0 Å². The van der Waals surface area contributed by atoms with Gasteiger partial charge < -0.3 is 14.5 Å². The topological polar surface area (TPSA) is 49.9 Å². The average Bonchev–Trinajstić information content (AvgIpc) is 3.34. The molecule has 0 bridgehead atoms. The minimum Gasteiger partial charge on any atom is -0.385 e. The predicted octanol–water partition coefficient (Wildman–Crippen LogP) is 5.12. The van der Waals surface area contributed by atoms with Crippen molar-refractivity contribution >= 4 is 34.8 Å². The van der Waals surface area contributed by atoms with Gasteiger partial charge in [0.05, 0.1) is 19.0 Å². The van der Waals surface area contributed by atoms with Crippen LogP contribution in [0.4, 0.5) is 4.39 Å². The van der Waals surface area contributed by atoms with Gasteiger partial charge in [-0.15, -0.1) is 11.3 Å². The molecule has 2 amide bonds. The molecule has 4 rings (SSSR count). The van der Waals surface area contributed by atoms with E-state index in [2.05, 4.69) is 11.4 Å². The summed E-state index contributed by atoms with van der Waals surface area (Å²) in [5, 5.41) is 2.70. The van der Waals surface area contributed by atoms with Crippen LogP contribution in [0.5, 0.6) is 0 Å². The zero-order valence-electron chi connectivity index (χ0n) is 19.6. The number of benzene rings is 2. The zero-order chi connectivity index (χ0) is 24.8. The predicted molar refractivity (Wildman–Crippen MR) is 136 cm³/mol. The maximum absolute atomic E-state index is 13.7. The number of halogens is 2. The Morgan fingerprint density at radius 3 is 2.60 bits per heavy atom. The summed E-state index contributed by atoms with van der Waals surface area (Å²) in [6.07, 6.45) is 1.51. The van der Waals surface area contributed by atoms with Crippen LogP contribution in [-0.2, 0) is 27.2 Å². The number of nitrogens with zero attached hydrogens (tertiary/aromatic N) is 2. The Morgan fingerprint density at radius 2 is 1.89 bits per heavy atom. The van der Waals surface area contributed by atoms with E-state index in [4.69, 9.17) is 16.3 Å². The number of hydrogen-bond acceptors (Lipinski definition) is 4. The van der Waals surface area contributed by atoms with Crippen LogP contribution in [0.2, 0.25) is 5.02 Å². The van der Waals surface area contributed by atoms with E-state index in [0.717, 1.165) is 17.5 Å². The van der Waals surface area contributed by atoms with Gasteiger partial charge in [-0.3, -0.25) is 9.59 Å². The number of carbonyl (C=O) groups is 2. The summed E-state index contributed by atoms with van der Waals surface area (Å²) in [6, 6.07) is 15.3. The first-order chi connectivity index (χ1) is 17.0. The lowest BCUT2D eigenvalue weighted by atomic mass is 9.93. The SMILES string of the molecule is COCCCN(CC(=O)N1CCc2sccc2C1c1ccc(Cl)cc1)C(=O)Cc1ccc(F)cc1. The first-order valence-electron chi connectivity index (χ1n) is 11.6. The lowest BCUT2D eigenvalue weighted by Crippen LogP contribution is -2.47. The van der Waals surface area contributed by atoms with Crippen molar-refractivity contribution in [2.24, 2.45) is 0 Å². The van der Waals surface area contributed by atoms with Crippen LogP contribution in [0.15, 0.2) is 60.0 Å². The van der Waals surface area contributed by atoms with Crippen molar-refractivity contribution in [3.8, 4) is 0 Å². The van der Waals surface area contributed by atoms with Crippen LogP contribution in [0, 0.1) is 5.82 Å². The molecule has 0 saturated heterocycles. The summed E-state index contributed by atoms with van der Waals surface area (Å²) >= 11 is 7.82. The van der Waals surface area contributed by atoms with Gasteiger partial charge in [0.25, 0.3) is 0 Å². The molecule has 1 atom stereocenters. The molecule has 8 heteroatoms. The van der Waals surface area contributed by atoms with E-state index >= 15 is 0 Å². The molecule has 35 heavy (non-hydrogen) atoms. The van der Waals surface area contributed by atoms with Gasteiger partial charge in [0.15, 0.2) is 0 Å². The Hall–Kier alpha value is -2.74. The lowest BCUT2D eigenvalue weighted by molar-refractivity contribution is -0.141. The molecule has 0 saturated carbocycles. The van der Waals surface area contributed by atoms with Gasteiger partial charge in [0.1, 0.15) is 5.82 Å². The average molecular weight is 515 g/mol. The van der Waals surface area contributed by atoms with E-state index in [-0.39, 0.29) is 36.6 Å². The highest BCUT2D eigenvalue weighted by molar-refractivity contribution is 7.10. The van der Waals surface area contributed by atoms with Crippen molar-refractivity contribution in [3.63, 3.8) is 0 Å². The van der Waals surface area contributed by atoms with E-state index in [9.17, 15) is 14.0 Å². The number of hydrogen-bond donors (Lipinski definition) is 0. The zero-order valence-corrected chi connectivity index (χ0v) is 21.2. The van der Waals surface area contributed by atoms with E-state index in [1.54, 1.807) is 35.5 Å². The van der Waals surface area contributed by atoms with Crippen molar-refractivity contribution in [1.29, 1.82) is 0 Å². The third kappa shape index (κ3) is 6.28. The molecule has 3 aromatic rings. The molecule has 1 unspecified atom stereocenters. The quantitative estimate of drug-likeness (QED) is 0.372. The molecule has 1 aromatic heterocycles. The number of ether oxygens (including phenoxy) is 1. The minimum absolute atomic E-state index is 0.0205. The van der Waals surface area contributed by atoms with Gasteiger partial charge in [0.2, 0.25) is 11.8 Å². The minimum atomic E-state index is -0.348. The Labute approximate surface area is 214 Å². The van der Waals surface area contributed by atoms with Crippen LogP contribution < -0.4 is 0 Å². The van der Waals surface area contributed by atoms with Crippen LogP contribution in [-0.4, -0.2) is 55.0 Å². The van der Waals surface area contributed by atoms with E-state index in [0.29, 0.717) is 36.7 Å². The van der Waals surface area contributed by atoms with E-state index < -0.39 is 0 Å². The molecule has 1 aliphatic heterocycles. The second-order valence-electron chi connectivity index (χ2n) is 8.56. The number of carbonyl (C=O) groups excluding carboxylic acids is 2. The number of fused-ring (bicyclic) bond motifs is 1. The summed E-state index contributed by atoms with van der Waals surface area (Å²) in [6.45, 7) is 1.46. The highest BCUT2D eigenvalue weighted by atomic mass is 35.5. The van der Waals surface area contributed by atoms with Crippen LogP contribution in [0.1, 0.15) is 34.0 Å². The second kappa shape index (κ2) is 11.8. The third-order valence-corrected chi connectivity index (χ3v) is 7.44. The van der Waals surface area contributed by atoms with Gasteiger partial charge in [-0.2, -0.15) is 0 Å². The summed E-state index contributed by atoms with van der Waals surface area (Å²) in [5.74, 6) is -0.622. The summed E-state index contributed by atoms with van der Waals surface area (Å²) < 4.78 is 18.4. The highest BCUT2D eigenvalue weighted by Crippen LogP contribution is 2.38. The fourth-order valence-corrected chi connectivity index (χ4v) is 5.45. The number of rotatable bonds is 9. The maximum Gasteiger partial charge on any atom is 0.242 e. The Kier molecular flexibility index (Phi) is 8.55. The third-order valence-electron chi connectivity index (χ3n) is 6.20. The van der Waals surface area contributed by atoms with Gasteiger partial charge in [-0.05, 0) is 65.2 Å². The largest absolute Gasteiger partial charge is 0.385 e. The number of methoxy groups -OCH3 is 1. The van der Waals surface area contributed by atoms with Gasteiger partial charge >= 0.3 is 0 Å². The summed E-state index contributed by atoms with van der Waals surface area (Å²) in [7, 11) is 1.61. The molecule has 5 nitrogen and oxygen atoms in total. The standard InChI is InChI=1S/C27H28ClFN2O3S/c1-34-15-2-13-30(25(32)17-19-3-9-22(29)10-4-19)18-26(33)31-14-11-24-23(12-16-35-24)27(31)20-5-7-21(28)8-6-20/h3-10,12,16,27H,2,11,13-15,17-18H2,1H3. The van der Waals surface area contributed by atoms with Crippen molar-refractivity contribution in [2.75, 3.05) is 33.4 Å². The molecular formula is C27H28ClFN2O3S. The summed E-state index contributed by atoms with van der Waals surface area (Å²) in [4.78, 5) is 31.6. The van der Waals surface area contributed by atoms with Gasteiger partial charge in [-0.25, -0.2) is 4.39 Å². The first-order valence-corrected chi connectivity index (χ1v) is 12.8. The van der Waals surface area contributed by atoms with Crippen molar-refractivity contribution in [1.82, 2.24) is 9.80 Å². The molecule has 1 aliphatic rings.